The molecule has 1 rings (SSSR count). The van der Waals surface area contributed by atoms with E-state index < -0.39 is 0 Å². The predicted molar refractivity (Wildman–Crippen MR) is 85.8 cm³/mol. The third-order valence-corrected chi connectivity index (χ3v) is 4.32. The van der Waals surface area contributed by atoms with Crippen molar-refractivity contribution in [1.29, 1.82) is 5.26 Å². The van der Waals surface area contributed by atoms with Crippen molar-refractivity contribution in [1.82, 2.24) is 4.98 Å². The van der Waals surface area contributed by atoms with Crippen molar-refractivity contribution in [3.05, 3.63) is 22.9 Å². The normalized spacial score (nSPS) is 11.8. The molecule has 0 saturated heterocycles. The van der Waals surface area contributed by atoms with E-state index in [-0.39, 0.29) is 17.8 Å². The van der Waals surface area contributed by atoms with Crippen LogP contribution in [0.25, 0.3) is 0 Å². The van der Waals surface area contributed by atoms with E-state index >= 15 is 0 Å². The lowest BCUT2D eigenvalue weighted by atomic mass is 10.1. The highest BCUT2D eigenvalue weighted by Gasteiger charge is 2.22. The van der Waals surface area contributed by atoms with Gasteiger partial charge in [-0.2, -0.15) is 5.26 Å². The quantitative estimate of drug-likeness (QED) is 0.416. The summed E-state index contributed by atoms with van der Waals surface area (Å²) in [7, 11) is 0. The van der Waals surface area contributed by atoms with Crippen LogP contribution in [0, 0.1) is 25.2 Å². The highest BCUT2D eigenvalue weighted by atomic mass is 32.2. The second kappa shape index (κ2) is 9.44. The Morgan fingerprint density at radius 1 is 1.41 bits per heavy atom. The van der Waals surface area contributed by atoms with Gasteiger partial charge in [-0.25, -0.2) is 4.98 Å². The molecule has 0 aliphatic heterocycles. The van der Waals surface area contributed by atoms with E-state index in [4.69, 9.17) is 9.47 Å². The van der Waals surface area contributed by atoms with Gasteiger partial charge in [-0.1, -0.05) is 18.7 Å². The van der Waals surface area contributed by atoms with E-state index in [0.29, 0.717) is 30.2 Å². The molecule has 120 valence electrons. The summed E-state index contributed by atoms with van der Waals surface area (Å²) < 4.78 is 10.4. The van der Waals surface area contributed by atoms with E-state index in [1.165, 1.54) is 11.8 Å². The van der Waals surface area contributed by atoms with Crippen LogP contribution < -0.4 is 0 Å². The maximum atomic E-state index is 12.1. The van der Waals surface area contributed by atoms with Gasteiger partial charge in [0.05, 0.1) is 12.2 Å². The number of aryl methyl sites for hydroxylation is 2. The molecule has 0 amide bonds. The third kappa shape index (κ3) is 5.32. The van der Waals surface area contributed by atoms with Crippen molar-refractivity contribution in [2.24, 2.45) is 0 Å². The van der Waals surface area contributed by atoms with Crippen LogP contribution in [0.15, 0.2) is 11.1 Å². The second-order valence-electron chi connectivity index (χ2n) is 4.75. The SMILES string of the molecule is CCOCCOC(=O)C(CC)Sc1nc(C)cc(C)c1C#N. The minimum Gasteiger partial charge on any atom is -0.462 e. The van der Waals surface area contributed by atoms with E-state index in [2.05, 4.69) is 11.1 Å². The number of rotatable bonds is 8. The van der Waals surface area contributed by atoms with Gasteiger partial charge in [-0.05, 0) is 38.8 Å². The number of carbonyl (C=O) groups excluding carboxylic acids is 1. The molecule has 0 radical (unpaired) electrons. The molecule has 0 N–H and O–H groups in total. The average Bonchev–Trinajstić information content (AvgIpc) is 2.48. The monoisotopic (exact) mass is 322 g/mol. The number of thioether (sulfide) groups is 1. The number of carbonyl (C=O) groups is 1. The number of ether oxygens (including phenoxy) is 2. The zero-order valence-corrected chi connectivity index (χ0v) is 14.3. The lowest BCUT2D eigenvalue weighted by molar-refractivity contribution is -0.144. The van der Waals surface area contributed by atoms with Crippen LogP contribution in [0.1, 0.15) is 37.1 Å². The van der Waals surface area contributed by atoms with Crippen LogP contribution in [0.2, 0.25) is 0 Å². The van der Waals surface area contributed by atoms with Crippen molar-refractivity contribution in [2.75, 3.05) is 19.8 Å². The van der Waals surface area contributed by atoms with Gasteiger partial charge in [0.2, 0.25) is 0 Å². The Hall–Kier alpha value is -1.58. The fraction of sp³-hybridized carbons (Fsp3) is 0.562. The Morgan fingerprint density at radius 2 is 2.14 bits per heavy atom. The highest BCUT2D eigenvalue weighted by molar-refractivity contribution is 8.00. The summed E-state index contributed by atoms with van der Waals surface area (Å²) in [5.41, 5.74) is 2.23. The molecule has 0 aliphatic rings. The van der Waals surface area contributed by atoms with Crippen molar-refractivity contribution >= 4 is 17.7 Å². The molecule has 0 bridgehead atoms. The van der Waals surface area contributed by atoms with Crippen molar-refractivity contribution in [3.63, 3.8) is 0 Å². The van der Waals surface area contributed by atoms with Crippen LogP contribution in [0.3, 0.4) is 0 Å². The lowest BCUT2D eigenvalue weighted by Crippen LogP contribution is -2.22. The number of nitriles is 1. The molecule has 0 spiro atoms. The fourth-order valence-corrected chi connectivity index (χ4v) is 3.02. The summed E-state index contributed by atoms with van der Waals surface area (Å²) in [4.78, 5) is 16.5. The Balaban J connectivity index is 2.78. The lowest BCUT2D eigenvalue weighted by Gasteiger charge is -2.15. The molecule has 1 aromatic heterocycles. The van der Waals surface area contributed by atoms with Gasteiger partial charge in [-0.3, -0.25) is 4.79 Å². The first-order chi connectivity index (χ1) is 10.5. The van der Waals surface area contributed by atoms with E-state index in [0.717, 1.165) is 11.3 Å². The van der Waals surface area contributed by atoms with Gasteiger partial charge in [0.1, 0.15) is 23.0 Å². The van der Waals surface area contributed by atoms with Crippen molar-refractivity contribution in [3.8, 4) is 6.07 Å². The van der Waals surface area contributed by atoms with Gasteiger partial charge in [0.15, 0.2) is 0 Å². The number of esters is 1. The molecular weight excluding hydrogens is 300 g/mol. The zero-order valence-electron chi connectivity index (χ0n) is 13.5. The van der Waals surface area contributed by atoms with Gasteiger partial charge in [0.25, 0.3) is 0 Å². The maximum absolute atomic E-state index is 12.1. The van der Waals surface area contributed by atoms with Crippen LogP contribution in [-0.2, 0) is 14.3 Å². The fourth-order valence-electron chi connectivity index (χ4n) is 1.90. The van der Waals surface area contributed by atoms with Crippen molar-refractivity contribution in [2.45, 2.75) is 44.4 Å². The first-order valence-electron chi connectivity index (χ1n) is 7.32. The summed E-state index contributed by atoms with van der Waals surface area (Å²) in [6.07, 6.45) is 0.609. The van der Waals surface area contributed by atoms with Crippen LogP contribution in [0.5, 0.6) is 0 Å². The molecule has 1 unspecified atom stereocenters. The summed E-state index contributed by atoms with van der Waals surface area (Å²) in [6, 6.07) is 4.03. The number of nitrogens with zero attached hydrogens (tertiary/aromatic N) is 2. The first kappa shape index (κ1) is 18.5. The zero-order chi connectivity index (χ0) is 16.5. The van der Waals surface area contributed by atoms with Crippen LogP contribution >= 0.6 is 11.8 Å². The second-order valence-corrected chi connectivity index (χ2v) is 5.94. The van der Waals surface area contributed by atoms with Gasteiger partial charge in [-0.15, -0.1) is 0 Å². The molecule has 1 aromatic rings. The third-order valence-electron chi connectivity index (χ3n) is 2.99. The Bertz CT molecular complexity index is 555. The minimum absolute atomic E-state index is 0.245. The molecule has 0 aliphatic carbocycles. The average molecular weight is 322 g/mol. The number of pyridine rings is 1. The molecule has 0 fully saturated rings. The summed E-state index contributed by atoms with van der Waals surface area (Å²) in [5.74, 6) is -0.294. The number of hydrogen-bond acceptors (Lipinski definition) is 6. The maximum Gasteiger partial charge on any atom is 0.319 e. The molecule has 0 aromatic carbocycles. The standard InChI is InChI=1S/C16H22N2O3S/c1-5-14(16(19)21-8-7-20-6-2)22-15-13(10-17)11(3)9-12(4)18-15/h9,14H,5-8H2,1-4H3. The summed E-state index contributed by atoms with van der Waals surface area (Å²) >= 11 is 1.29. The Labute approximate surface area is 136 Å². The topological polar surface area (TPSA) is 72.2 Å². The van der Waals surface area contributed by atoms with Crippen molar-refractivity contribution < 1.29 is 14.3 Å². The smallest absolute Gasteiger partial charge is 0.319 e. The molecule has 1 heterocycles. The predicted octanol–water partition coefficient (Wildman–Crippen LogP) is 3.02. The van der Waals surface area contributed by atoms with E-state index in [1.807, 2.05) is 33.8 Å². The van der Waals surface area contributed by atoms with Gasteiger partial charge < -0.3 is 9.47 Å². The molecule has 22 heavy (non-hydrogen) atoms. The molecule has 0 saturated carbocycles. The van der Waals surface area contributed by atoms with Crippen LogP contribution in [-0.4, -0.2) is 36.0 Å². The van der Waals surface area contributed by atoms with Gasteiger partial charge >= 0.3 is 5.97 Å². The minimum atomic E-state index is -0.373. The molecule has 5 nitrogen and oxygen atoms in total. The van der Waals surface area contributed by atoms with Crippen LogP contribution in [0.4, 0.5) is 0 Å². The van der Waals surface area contributed by atoms with Gasteiger partial charge in [0, 0.05) is 12.3 Å². The Morgan fingerprint density at radius 3 is 2.73 bits per heavy atom. The summed E-state index contributed by atoms with van der Waals surface area (Å²) in [5, 5.41) is 9.50. The number of aromatic nitrogens is 1. The number of hydrogen-bond donors (Lipinski definition) is 0. The molecular formula is C16H22N2O3S. The highest BCUT2D eigenvalue weighted by Crippen LogP contribution is 2.29. The largest absolute Gasteiger partial charge is 0.462 e. The summed E-state index contributed by atoms with van der Waals surface area (Å²) in [6.45, 7) is 8.79. The van der Waals surface area contributed by atoms with E-state index in [1.54, 1.807) is 0 Å². The molecule has 1 atom stereocenters. The Kier molecular flexibility index (Phi) is 7.92. The molecule has 6 heteroatoms. The first-order valence-corrected chi connectivity index (χ1v) is 8.20. The van der Waals surface area contributed by atoms with E-state index in [9.17, 15) is 10.1 Å².